The standard InChI is InChI=1S/C23H22ClFN4O2/c24-20-11-17(15-3-6-18(25)7-4-15)5-8-19(20)21-26-27-23(31)29(21)13-14-9-10-28(12-14)22(30)16-1-2-16/h3-8,11,14,16H,1-2,9-10,12-13H2,(H,27,31)/t14-/m1/s1. The highest BCUT2D eigenvalue weighted by molar-refractivity contribution is 6.33. The summed E-state index contributed by atoms with van der Waals surface area (Å²) in [5.41, 5.74) is 2.05. The van der Waals surface area contributed by atoms with Gasteiger partial charge in [-0.15, -0.1) is 0 Å². The quantitative estimate of drug-likeness (QED) is 0.652. The molecule has 0 spiro atoms. The minimum Gasteiger partial charge on any atom is -0.342 e. The number of hydrogen-bond donors (Lipinski definition) is 1. The van der Waals surface area contributed by atoms with Gasteiger partial charge in [0.15, 0.2) is 5.82 Å². The SMILES string of the molecule is O=C(C1CC1)N1CC[C@@H](Cn2c(-c3ccc(-c4ccc(F)cc4)cc3Cl)n[nH]c2=O)C1. The van der Waals surface area contributed by atoms with Crippen molar-refractivity contribution in [2.45, 2.75) is 25.8 Å². The van der Waals surface area contributed by atoms with Gasteiger partial charge in [0.2, 0.25) is 5.91 Å². The molecule has 1 aromatic heterocycles. The van der Waals surface area contributed by atoms with Crippen LogP contribution >= 0.6 is 11.6 Å². The summed E-state index contributed by atoms with van der Waals surface area (Å²) in [5, 5.41) is 7.19. The zero-order valence-electron chi connectivity index (χ0n) is 16.9. The maximum atomic E-state index is 13.2. The molecule has 1 amide bonds. The van der Waals surface area contributed by atoms with Gasteiger partial charge in [-0.1, -0.05) is 29.8 Å². The summed E-state index contributed by atoms with van der Waals surface area (Å²) < 4.78 is 14.8. The van der Waals surface area contributed by atoms with E-state index in [1.165, 1.54) is 12.1 Å². The maximum absolute atomic E-state index is 13.2. The number of likely N-dealkylation sites (tertiary alicyclic amines) is 1. The van der Waals surface area contributed by atoms with Gasteiger partial charge in [0.1, 0.15) is 5.82 Å². The highest BCUT2D eigenvalue weighted by Crippen LogP contribution is 2.34. The first kappa shape index (κ1) is 20.0. The Bertz CT molecular complexity index is 1180. The number of benzene rings is 2. The topological polar surface area (TPSA) is 71.0 Å². The van der Waals surface area contributed by atoms with E-state index < -0.39 is 0 Å². The van der Waals surface area contributed by atoms with Crippen molar-refractivity contribution in [3.63, 3.8) is 0 Å². The minimum atomic E-state index is -0.295. The third-order valence-corrected chi connectivity index (χ3v) is 6.42. The van der Waals surface area contributed by atoms with E-state index in [0.717, 1.165) is 36.9 Å². The van der Waals surface area contributed by atoms with E-state index in [0.29, 0.717) is 29.5 Å². The normalized spacial score (nSPS) is 18.5. The maximum Gasteiger partial charge on any atom is 0.343 e. The van der Waals surface area contributed by atoms with E-state index in [1.807, 2.05) is 17.0 Å². The lowest BCUT2D eigenvalue weighted by Gasteiger charge is -2.17. The van der Waals surface area contributed by atoms with Crippen LogP contribution in [0.4, 0.5) is 4.39 Å². The molecular formula is C23H22ClFN4O2. The van der Waals surface area contributed by atoms with E-state index in [1.54, 1.807) is 22.8 Å². The van der Waals surface area contributed by atoms with Crippen LogP contribution in [0, 0.1) is 17.7 Å². The first-order valence-electron chi connectivity index (χ1n) is 10.5. The molecule has 1 aliphatic carbocycles. The summed E-state index contributed by atoms with van der Waals surface area (Å²) in [6.45, 7) is 1.90. The largest absolute Gasteiger partial charge is 0.343 e. The predicted octanol–water partition coefficient (Wildman–Crippen LogP) is 3.96. The van der Waals surface area contributed by atoms with Crippen LogP contribution in [0.1, 0.15) is 19.3 Å². The van der Waals surface area contributed by atoms with E-state index in [9.17, 15) is 14.0 Å². The molecular weight excluding hydrogens is 419 g/mol. The first-order valence-corrected chi connectivity index (χ1v) is 10.9. The van der Waals surface area contributed by atoms with Crippen LogP contribution in [-0.2, 0) is 11.3 Å². The summed E-state index contributed by atoms with van der Waals surface area (Å²) in [6.07, 6.45) is 2.86. The van der Waals surface area contributed by atoms with Gasteiger partial charge in [0, 0.05) is 31.1 Å². The van der Waals surface area contributed by atoms with E-state index in [4.69, 9.17) is 11.6 Å². The highest BCUT2D eigenvalue weighted by atomic mass is 35.5. The lowest BCUT2D eigenvalue weighted by molar-refractivity contribution is -0.131. The van der Waals surface area contributed by atoms with Crippen molar-refractivity contribution in [2.75, 3.05) is 13.1 Å². The molecule has 0 bridgehead atoms. The van der Waals surface area contributed by atoms with E-state index in [2.05, 4.69) is 10.2 Å². The molecule has 1 atom stereocenters. The van der Waals surface area contributed by atoms with Gasteiger partial charge < -0.3 is 4.90 Å². The number of H-pyrrole nitrogens is 1. The van der Waals surface area contributed by atoms with Crippen LogP contribution in [0.5, 0.6) is 0 Å². The highest BCUT2D eigenvalue weighted by Gasteiger charge is 2.36. The van der Waals surface area contributed by atoms with Crippen molar-refractivity contribution in [1.82, 2.24) is 19.7 Å². The summed E-state index contributed by atoms with van der Waals surface area (Å²) in [5.74, 6) is 0.851. The lowest BCUT2D eigenvalue weighted by Crippen LogP contribution is -2.31. The number of aromatic amines is 1. The Hall–Kier alpha value is -2.93. The Labute approximate surface area is 183 Å². The Morgan fingerprint density at radius 1 is 1.13 bits per heavy atom. The van der Waals surface area contributed by atoms with E-state index >= 15 is 0 Å². The molecule has 2 aromatic carbocycles. The predicted molar refractivity (Wildman–Crippen MR) is 116 cm³/mol. The smallest absolute Gasteiger partial charge is 0.342 e. The van der Waals surface area contributed by atoms with Crippen LogP contribution in [0.2, 0.25) is 5.02 Å². The van der Waals surface area contributed by atoms with Crippen molar-refractivity contribution in [1.29, 1.82) is 0 Å². The van der Waals surface area contributed by atoms with Gasteiger partial charge in [0.05, 0.1) is 5.02 Å². The number of halogens is 2. The Morgan fingerprint density at radius 3 is 2.58 bits per heavy atom. The summed E-state index contributed by atoms with van der Waals surface area (Å²) in [6, 6.07) is 11.7. The third-order valence-electron chi connectivity index (χ3n) is 6.11. The average molecular weight is 441 g/mol. The van der Waals surface area contributed by atoms with Gasteiger partial charge in [-0.2, -0.15) is 5.10 Å². The molecule has 0 radical (unpaired) electrons. The van der Waals surface area contributed by atoms with Crippen molar-refractivity contribution in [3.8, 4) is 22.5 Å². The molecule has 160 valence electrons. The molecule has 5 rings (SSSR count). The van der Waals surface area contributed by atoms with Gasteiger partial charge in [-0.25, -0.2) is 14.3 Å². The van der Waals surface area contributed by atoms with Crippen LogP contribution in [0.15, 0.2) is 47.3 Å². The molecule has 2 heterocycles. The van der Waals surface area contributed by atoms with Gasteiger partial charge >= 0.3 is 5.69 Å². The van der Waals surface area contributed by atoms with Gasteiger partial charge in [0.25, 0.3) is 0 Å². The second-order valence-corrected chi connectivity index (χ2v) is 8.78. The average Bonchev–Trinajstić information content (AvgIpc) is 3.42. The number of carbonyl (C=O) groups excluding carboxylic acids is 1. The van der Waals surface area contributed by atoms with Gasteiger partial charge in [-0.3, -0.25) is 9.36 Å². The number of amides is 1. The Kier molecular flexibility index (Phi) is 5.14. The zero-order valence-corrected chi connectivity index (χ0v) is 17.6. The summed E-state index contributed by atoms with van der Waals surface area (Å²) in [7, 11) is 0. The molecule has 2 aliphatic rings. The van der Waals surface area contributed by atoms with Crippen molar-refractivity contribution >= 4 is 17.5 Å². The minimum absolute atomic E-state index is 0.203. The van der Waals surface area contributed by atoms with Crippen molar-refractivity contribution in [3.05, 3.63) is 63.8 Å². The molecule has 1 aliphatic heterocycles. The Morgan fingerprint density at radius 2 is 1.87 bits per heavy atom. The number of hydrogen-bond acceptors (Lipinski definition) is 3. The fourth-order valence-corrected chi connectivity index (χ4v) is 4.50. The van der Waals surface area contributed by atoms with Crippen molar-refractivity contribution < 1.29 is 9.18 Å². The third kappa shape index (κ3) is 4.02. The molecule has 6 nitrogen and oxygen atoms in total. The summed E-state index contributed by atoms with van der Waals surface area (Å²) >= 11 is 6.55. The Balaban J connectivity index is 1.37. The number of aromatic nitrogens is 3. The summed E-state index contributed by atoms with van der Waals surface area (Å²) in [4.78, 5) is 26.7. The lowest BCUT2D eigenvalue weighted by atomic mass is 10.0. The molecule has 1 N–H and O–H groups in total. The molecule has 3 aromatic rings. The van der Waals surface area contributed by atoms with Crippen LogP contribution < -0.4 is 5.69 Å². The second kappa shape index (κ2) is 7.96. The monoisotopic (exact) mass is 440 g/mol. The number of rotatable bonds is 5. The fourth-order valence-electron chi connectivity index (χ4n) is 4.24. The molecule has 8 heteroatoms. The molecule has 0 unspecified atom stereocenters. The second-order valence-electron chi connectivity index (χ2n) is 8.38. The molecule has 31 heavy (non-hydrogen) atoms. The first-order chi connectivity index (χ1) is 15.0. The number of nitrogens with zero attached hydrogens (tertiary/aromatic N) is 3. The molecule has 1 saturated heterocycles. The van der Waals surface area contributed by atoms with Crippen molar-refractivity contribution in [2.24, 2.45) is 11.8 Å². The number of carbonyl (C=O) groups is 1. The van der Waals surface area contributed by atoms with Crippen LogP contribution in [-0.4, -0.2) is 38.7 Å². The van der Waals surface area contributed by atoms with E-state index in [-0.39, 0.29) is 29.2 Å². The molecule has 2 fully saturated rings. The number of nitrogens with one attached hydrogen (secondary N) is 1. The zero-order chi connectivity index (χ0) is 21.5. The van der Waals surface area contributed by atoms with Gasteiger partial charge in [-0.05, 0) is 60.6 Å². The van der Waals surface area contributed by atoms with Crippen LogP contribution in [0.25, 0.3) is 22.5 Å². The van der Waals surface area contributed by atoms with Crippen LogP contribution in [0.3, 0.4) is 0 Å². The fraction of sp³-hybridized carbons (Fsp3) is 0.348. The molecule has 1 saturated carbocycles.